The second kappa shape index (κ2) is 7.17. The molecule has 136 valence electrons. The van der Waals surface area contributed by atoms with Crippen molar-refractivity contribution in [2.75, 3.05) is 13.1 Å². The van der Waals surface area contributed by atoms with Gasteiger partial charge in [-0.1, -0.05) is 45.3 Å². The van der Waals surface area contributed by atoms with Gasteiger partial charge in [0.05, 0.1) is 12.0 Å². The van der Waals surface area contributed by atoms with Crippen LogP contribution < -0.4 is 5.32 Å². The Labute approximate surface area is 146 Å². The minimum atomic E-state index is -0.494. The highest BCUT2D eigenvalue weighted by molar-refractivity contribution is 5.76. The molecule has 4 nitrogen and oxygen atoms in total. The molecule has 1 heterocycles. The quantitative estimate of drug-likeness (QED) is 0.445. The van der Waals surface area contributed by atoms with E-state index in [0.717, 1.165) is 32.2 Å². The molecule has 1 saturated carbocycles. The number of esters is 1. The van der Waals surface area contributed by atoms with Crippen molar-refractivity contribution in [3.8, 4) is 0 Å². The standard InChI is InChI=1S/C20H33NO3/c1-4-5-6-10-21-12-15-17-16(24-19(15)23)11-14-9-7-8-13(2)20(14,3)18(17)22/h9,13,15-18,21-22H,4-8,10-12H2,1-3H3/t13-,15+,16+,17-,18+,20+/m1/s1. The first-order chi connectivity index (χ1) is 11.5. The van der Waals surface area contributed by atoms with Crippen molar-refractivity contribution < 1.29 is 14.6 Å². The van der Waals surface area contributed by atoms with Crippen LogP contribution in [0.1, 0.15) is 59.3 Å². The Morgan fingerprint density at radius 2 is 2.21 bits per heavy atom. The summed E-state index contributed by atoms with van der Waals surface area (Å²) in [5.41, 5.74) is 1.10. The minimum Gasteiger partial charge on any atom is -0.461 e. The van der Waals surface area contributed by atoms with Crippen molar-refractivity contribution in [2.45, 2.75) is 71.5 Å². The van der Waals surface area contributed by atoms with Crippen molar-refractivity contribution in [3.63, 3.8) is 0 Å². The second-order valence-corrected chi connectivity index (χ2v) is 8.21. The Morgan fingerprint density at radius 3 is 2.96 bits per heavy atom. The Hall–Kier alpha value is -0.870. The summed E-state index contributed by atoms with van der Waals surface area (Å²) in [5.74, 6) is 0.0443. The maximum atomic E-state index is 12.4. The van der Waals surface area contributed by atoms with Gasteiger partial charge in [-0.15, -0.1) is 0 Å². The molecule has 0 aromatic carbocycles. The van der Waals surface area contributed by atoms with E-state index >= 15 is 0 Å². The van der Waals surface area contributed by atoms with Gasteiger partial charge in [0, 0.05) is 24.3 Å². The summed E-state index contributed by atoms with van der Waals surface area (Å²) in [6.45, 7) is 8.19. The fourth-order valence-corrected chi connectivity index (χ4v) is 5.05. The third kappa shape index (κ3) is 2.92. The fourth-order valence-electron chi connectivity index (χ4n) is 5.05. The third-order valence-electron chi connectivity index (χ3n) is 6.89. The van der Waals surface area contributed by atoms with Crippen LogP contribution in [0.15, 0.2) is 11.6 Å². The monoisotopic (exact) mass is 335 g/mol. The zero-order valence-electron chi connectivity index (χ0n) is 15.4. The molecule has 0 aromatic rings. The number of aliphatic hydroxyl groups excluding tert-OH is 1. The number of hydrogen-bond donors (Lipinski definition) is 2. The van der Waals surface area contributed by atoms with E-state index in [1.807, 2.05) is 0 Å². The molecule has 2 N–H and O–H groups in total. The van der Waals surface area contributed by atoms with Crippen molar-refractivity contribution >= 4 is 5.97 Å². The van der Waals surface area contributed by atoms with Crippen LogP contribution in [0.25, 0.3) is 0 Å². The van der Waals surface area contributed by atoms with E-state index in [9.17, 15) is 9.90 Å². The molecular weight excluding hydrogens is 302 g/mol. The zero-order chi connectivity index (χ0) is 17.3. The predicted molar refractivity (Wildman–Crippen MR) is 94.5 cm³/mol. The first-order valence-corrected chi connectivity index (χ1v) is 9.78. The summed E-state index contributed by atoms with van der Waals surface area (Å²) < 4.78 is 5.68. The summed E-state index contributed by atoms with van der Waals surface area (Å²) in [5, 5.41) is 14.6. The van der Waals surface area contributed by atoms with Gasteiger partial charge in [0.15, 0.2) is 0 Å². The molecule has 2 aliphatic carbocycles. The molecule has 6 atom stereocenters. The normalized spacial score (nSPS) is 41.4. The van der Waals surface area contributed by atoms with Crippen molar-refractivity contribution in [1.82, 2.24) is 5.32 Å². The van der Waals surface area contributed by atoms with Crippen molar-refractivity contribution in [1.29, 1.82) is 0 Å². The lowest BCUT2D eigenvalue weighted by Crippen LogP contribution is -2.54. The molecule has 0 spiro atoms. The van der Waals surface area contributed by atoms with Gasteiger partial charge in [-0.25, -0.2) is 0 Å². The van der Waals surface area contributed by atoms with Crippen LogP contribution in [0, 0.1) is 23.2 Å². The van der Waals surface area contributed by atoms with Crippen LogP contribution in [0.4, 0.5) is 0 Å². The molecule has 1 saturated heterocycles. The average Bonchev–Trinajstić information content (AvgIpc) is 2.86. The topological polar surface area (TPSA) is 58.6 Å². The number of fused-ring (bicyclic) bond motifs is 2. The van der Waals surface area contributed by atoms with Crippen LogP contribution in [-0.2, 0) is 9.53 Å². The third-order valence-corrected chi connectivity index (χ3v) is 6.89. The van der Waals surface area contributed by atoms with Crippen LogP contribution >= 0.6 is 0 Å². The highest BCUT2D eigenvalue weighted by Gasteiger charge is 2.59. The molecule has 3 aliphatic rings. The van der Waals surface area contributed by atoms with Gasteiger partial charge in [-0.2, -0.15) is 0 Å². The van der Waals surface area contributed by atoms with Crippen molar-refractivity contribution in [3.05, 3.63) is 11.6 Å². The van der Waals surface area contributed by atoms with Gasteiger partial charge in [0.1, 0.15) is 6.10 Å². The lowest BCUT2D eigenvalue weighted by Gasteiger charge is -2.51. The van der Waals surface area contributed by atoms with E-state index in [1.54, 1.807) is 0 Å². The first kappa shape index (κ1) is 17.9. The molecule has 4 heteroatoms. The number of hydrogen-bond acceptors (Lipinski definition) is 4. The summed E-state index contributed by atoms with van der Waals surface area (Å²) in [4.78, 5) is 12.4. The number of carbonyl (C=O) groups is 1. The highest BCUT2D eigenvalue weighted by atomic mass is 16.6. The molecule has 0 aromatic heterocycles. The van der Waals surface area contributed by atoms with Crippen molar-refractivity contribution in [2.24, 2.45) is 23.2 Å². The van der Waals surface area contributed by atoms with E-state index in [2.05, 4.69) is 32.2 Å². The number of carbonyl (C=O) groups excluding carboxylic acids is 1. The SMILES string of the molecule is CCCCCNC[C@@H]1C(=O)O[C@H]2CC3=CCC[C@@H](C)[C@]3(C)[C@@H](O)[C@@H]21. The minimum absolute atomic E-state index is 0.0705. The van der Waals surface area contributed by atoms with E-state index < -0.39 is 6.10 Å². The summed E-state index contributed by atoms with van der Waals surface area (Å²) >= 11 is 0. The Morgan fingerprint density at radius 1 is 1.42 bits per heavy atom. The molecule has 1 aliphatic heterocycles. The number of unbranched alkanes of at least 4 members (excludes halogenated alkanes) is 2. The molecule has 0 amide bonds. The number of rotatable bonds is 6. The average molecular weight is 335 g/mol. The smallest absolute Gasteiger partial charge is 0.311 e. The first-order valence-electron chi connectivity index (χ1n) is 9.78. The van der Waals surface area contributed by atoms with Crippen LogP contribution in [0.5, 0.6) is 0 Å². The van der Waals surface area contributed by atoms with Crippen LogP contribution in [0.3, 0.4) is 0 Å². The van der Waals surface area contributed by atoms with Crippen LogP contribution in [-0.4, -0.2) is 36.4 Å². The Kier molecular flexibility index (Phi) is 5.36. The van der Waals surface area contributed by atoms with Gasteiger partial charge >= 0.3 is 5.97 Å². The lowest BCUT2D eigenvalue weighted by atomic mass is 9.55. The largest absolute Gasteiger partial charge is 0.461 e. The molecular formula is C20H33NO3. The molecule has 24 heavy (non-hydrogen) atoms. The van der Waals surface area contributed by atoms with E-state index in [4.69, 9.17) is 4.74 Å². The number of ether oxygens (including phenoxy) is 1. The number of allylic oxidation sites excluding steroid dienone is 1. The number of nitrogens with one attached hydrogen (secondary N) is 1. The highest BCUT2D eigenvalue weighted by Crippen LogP contribution is 2.55. The molecule has 3 rings (SSSR count). The summed E-state index contributed by atoms with van der Waals surface area (Å²) in [7, 11) is 0. The fraction of sp³-hybridized carbons (Fsp3) is 0.850. The molecule has 0 bridgehead atoms. The van der Waals surface area contributed by atoms with Gasteiger partial charge in [-0.3, -0.25) is 4.79 Å². The maximum Gasteiger partial charge on any atom is 0.311 e. The lowest BCUT2D eigenvalue weighted by molar-refractivity contribution is -0.144. The van der Waals surface area contributed by atoms with Crippen LogP contribution in [0.2, 0.25) is 0 Å². The summed E-state index contributed by atoms with van der Waals surface area (Å²) in [6.07, 6.45) is 8.19. The number of aliphatic hydroxyl groups is 1. The van der Waals surface area contributed by atoms with Gasteiger partial charge in [0.25, 0.3) is 0 Å². The van der Waals surface area contributed by atoms with E-state index in [-0.39, 0.29) is 29.3 Å². The van der Waals surface area contributed by atoms with Gasteiger partial charge < -0.3 is 15.2 Å². The zero-order valence-corrected chi connectivity index (χ0v) is 15.4. The Balaban J connectivity index is 1.72. The molecule has 0 unspecified atom stereocenters. The predicted octanol–water partition coefficient (Wildman–Crippen LogP) is 3.05. The molecule has 0 radical (unpaired) electrons. The molecule has 2 fully saturated rings. The second-order valence-electron chi connectivity index (χ2n) is 8.21. The van der Waals surface area contributed by atoms with Gasteiger partial charge in [-0.05, 0) is 31.7 Å². The van der Waals surface area contributed by atoms with Gasteiger partial charge in [0.2, 0.25) is 0 Å². The maximum absolute atomic E-state index is 12.4. The van der Waals surface area contributed by atoms with E-state index in [1.165, 1.54) is 18.4 Å². The Bertz CT molecular complexity index is 503. The summed E-state index contributed by atoms with van der Waals surface area (Å²) in [6, 6.07) is 0. The van der Waals surface area contributed by atoms with E-state index in [0.29, 0.717) is 12.5 Å².